The summed E-state index contributed by atoms with van der Waals surface area (Å²) in [6.07, 6.45) is 0. The fourth-order valence-electron chi connectivity index (χ4n) is 1.63. The minimum Gasteiger partial charge on any atom is -0.493 e. The van der Waals surface area contributed by atoms with Crippen LogP contribution in [0.4, 0.5) is 5.69 Å². The maximum atomic E-state index is 12.1. The third-order valence-corrected chi connectivity index (χ3v) is 2.93. The van der Waals surface area contributed by atoms with Crippen LogP contribution in [0.15, 0.2) is 12.1 Å². The highest BCUT2D eigenvalue weighted by Crippen LogP contribution is 2.34. The zero-order valence-electron chi connectivity index (χ0n) is 12.3. The largest absolute Gasteiger partial charge is 0.493 e. The number of carbonyl (C=O) groups is 2. The van der Waals surface area contributed by atoms with Crippen LogP contribution in [-0.4, -0.2) is 42.7 Å². The summed E-state index contributed by atoms with van der Waals surface area (Å²) < 4.78 is 9.96. The van der Waals surface area contributed by atoms with E-state index >= 15 is 0 Å². The van der Waals surface area contributed by atoms with E-state index in [9.17, 15) is 19.7 Å². The van der Waals surface area contributed by atoms with Gasteiger partial charge in [0.2, 0.25) is 0 Å². The topological polar surface area (TPSA) is 128 Å². The summed E-state index contributed by atoms with van der Waals surface area (Å²) in [4.78, 5) is 33.1. The second kappa shape index (κ2) is 7.25. The number of nitro benzene ring substituents is 1. The van der Waals surface area contributed by atoms with Gasteiger partial charge in [-0.3, -0.25) is 19.7 Å². The fourth-order valence-corrected chi connectivity index (χ4v) is 1.63. The first-order chi connectivity index (χ1) is 10.3. The number of carboxylic acid groups (broad SMARTS) is 1. The molecule has 1 rings (SSSR count). The smallest absolute Gasteiger partial charge is 0.308 e. The molecule has 9 nitrogen and oxygen atoms in total. The van der Waals surface area contributed by atoms with Crippen molar-refractivity contribution < 1.29 is 29.1 Å². The van der Waals surface area contributed by atoms with Crippen LogP contribution in [0.5, 0.6) is 11.5 Å². The number of nitro groups is 1. The summed E-state index contributed by atoms with van der Waals surface area (Å²) in [5.41, 5.74) is -0.696. The van der Waals surface area contributed by atoms with Gasteiger partial charge in [0, 0.05) is 12.6 Å². The molecular weight excluding hydrogens is 296 g/mol. The number of hydrogen-bond donors (Lipinski definition) is 2. The van der Waals surface area contributed by atoms with Crippen LogP contribution in [0.2, 0.25) is 0 Å². The van der Waals surface area contributed by atoms with E-state index in [0.717, 1.165) is 6.07 Å². The van der Waals surface area contributed by atoms with E-state index in [1.807, 2.05) is 0 Å². The van der Waals surface area contributed by atoms with Crippen LogP contribution in [0.3, 0.4) is 0 Å². The lowest BCUT2D eigenvalue weighted by molar-refractivity contribution is -0.385. The van der Waals surface area contributed by atoms with Gasteiger partial charge in [-0.25, -0.2) is 0 Å². The summed E-state index contributed by atoms with van der Waals surface area (Å²) in [6.45, 7) is 1.26. The minimum atomic E-state index is -1.08. The van der Waals surface area contributed by atoms with Crippen LogP contribution in [0, 0.1) is 16.0 Å². The molecular formula is C13H16N2O7. The number of nitrogens with zero attached hydrogens (tertiary/aromatic N) is 1. The Morgan fingerprint density at radius 2 is 1.86 bits per heavy atom. The number of nitrogens with one attached hydrogen (secondary N) is 1. The monoisotopic (exact) mass is 312 g/mol. The third kappa shape index (κ3) is 3.84. The summed E-state index contributed by atoms with van der Waals surface area (Å²) in [5, 5.41) is 22.2. The molecule has 0 aromatic heterocycles. The number of carbonyl (C=O) groups excluding carboxylic acids is 1. The van der Waals surface area contributed by atoms with Crippen LogP contribution < -0.4 is 14.8 Å². The molecule has 0 radical (unpaired) electrons. The van der Waals surface area contributed by atoms with Gasteiger partial charge in [0.25, 0.3) is 11.6 Å². The first-order valence-corrected chi connectivity index (χ1v) is 6.23. The summed E-state index contributed by atoms with van der Waals surface area (Å²) in [7, 11) is 2.65. The van der Waals surface area contributed by atoms with Crippen LogP contribution in [-0.2, 0) is 4.79 Å². The normalized spacial score (nSPS) is 11.4. The van der Waals surface area contributed by atoms with Gasteiger partial charge in [0.05, 0.1) is 31.1 Å². The Hall–Kier alpha value is -2.84. The average molecular weight is 312 g/mol. The Balaban J connectivity index is 3.13. The molecule has 0 aliphatic carbocycles. The van der Waals surface area contributed by atoms with Crippen LogP contribution >= 0.6 is 0 Å². The number of hydrogen-bond acceptors (Lipinski definition) is 6. The van der Waals surface area contributed by atoms with Gasteiger partial charge in [-0.05, 0) is 0 Å². The molecule has 0 aliphatic heterocycles. The van der Waals surface area contributed by atoms with Crippen molar-refractivity contribution in [3.63, 3.8) is 0 Å². The van der Waals surface area contributed by atoms with Gasteiger partial charge in [-0.2, -0.15) is 0 Å². The number of amides is 1. The number of benzene rings is 1. The molecule has 1 unspecified atom stereocenters. The van der Waals surface area contributed by atoms with Crippen molar-refractivity contribution in [1.29, 1.82) is 0 Å². The number of ether oxygens (including phenoxy) is 2. The summed E-state index contributed by atoms with van der Waals surface area (Å²) >= 11 is 0. The summed E-state index contributed by atoms with van der Waals surface area (Å²) in [6, 6.07) is 2.26. The van der Waals surface area contributed by atoms with Gasteiger partial charge < -0.3 is 19.9 Å². The van der Waals surface area contributed by atoms with Crippen LogP contribution in [0.1, 0.15) is 17.3 Å². The van der Waals surface area contributed by atoms with E-state index in [0.29, 0.717) is 0 Å². The van der Waals surface area contributed by atoms with E-state index in [1.165, 1.54) is 27.2 Å². The maximum Gasteiger partial charge on any atom is 0.308 e. The number of carboxylic acids is 1. The molecule has 0 aliphatic rings. The third-order valence-electron chi connectivity index (χ3n) is 2.93. The Morgan fingerprint density at radius 3 is 2.32 bits per heavy atom. The standard InChI is InChI=1S/C13H16N2O7/c1-7(13(17)18)6-14-12(16)8-4-10(21-2)11(22-3)5-9(8)15(19)20/h4-5,7H,6H2,1-3H3,(H,14,16)(H,17,18). The predicted octanol–water partition coefficient (Wildman–Crippen LogP) is 1.06. The lowest BCUT2D eigenvalue weighted by Gasteiger charge is -2.12. The van der Waals surface area contributed by atoms with E-state index < -0.39 is 28.4 Å². The molecule has 1 amide bonds. The molecule has 0 heterocycles. The van der Waals surface area contributed by atoms with E-state index in [2.05, 4.69) is 5.32 Å². The van der Waals surface area contributed by atoms with Gasteiger partial charge in [-0.1, -0.05) is 6.92 Å². The van der Waals surface area contributed by atoms with E-state index in [1.54, 1.807) is 0 Å². The molecule has 1 aromatic carbocycles. The van der Waals surface area contributed by atoms with E-state index in [-0.39, 0.29) is 23.6 Å². The van der Waals surface area contributed by atoms with Crippen molar-refractivity contribution >= 4 is 17.6 Å². The van der Waals surface area contributed by atoms with Crippen molar-refractivity contribution in [3.05, 3.63) is 27.8 Å². The Kier molecular flexibility index (Phi) is 5.67. The molecule has 22 heavy (non-hydrogen) atoms. The first-order valence-electron chi connectivity index (χ1n) is 6.23. The van der Waals surface area contributed by atoms with Crippen molar-refractivity contribution in [2.24, 2.45) is 5.92 Å². The highest BCUT2D eigenvalue weighted by Gasteiger charge is 2.25. The fraction of sp³-hybridized carbons (Fsp3) is 0.385. The van der Waals surface area contributed by atoms with Gasteiger partial charge in [0.1, 0.15) is 5.56 Å². The second-order valence-electron chi connectivity index (χ2n) is 4.43. The Labute approximate surface area is 126 Å². The van der Waals surface area contributed by atoms with Gasteiger partial charge in [0.15, 0.2) is 11.5 Å². The number of methoxy groups -OCH3 is 2. The molecule has 0 fully saturated rings. The predicted molar refractivity (Wildman–Crippen MR) is 75.3 cm³/mol. The maximum absolute atomic E-state index is 12.1. The number of aliphatic carboxylic acids is 1. The van der Waals surface area contributed by atoms with Gasteiger partial charge in [-0.15, -0.1) is 0 Å². The molecule has 2 N–H and O–H groups in total. The molecule has 9 heteroatoms. The van der Waals surface area contributed by atoms with Crippen molar-refractivity contribution in [3.8, 4) is 11.5 Å². The first kappa shape index (κ1) is 17.2. The van der Waals surface area contributed by atoms with Crippen molar-refractivity contribution in [2.75, 3.05) is 20.8 Å². The van der Waals surface area contributed by atoms with Crippen molar-refractivity contribution in [1.82, 2.24) is 5.32 Å². The van der Waals surface area contributed by atoms with Crippen molar-refractivity contribution in [2.45, 2.75) is 6.92 Å². The van der Waals surface area contributed by atoms with Crippen LogP contribution in [0.25, 0.3) is 0 Å². The zero-order chi connectivity index (χ0) is 16.9. The lowest BCUT2D eigenvalue weighted by Crippen LogP contribution is -2.31. The van der Waals surface area contributed by atoms with E-state index in [4.69, 9.17) is 14.6 Å². The summed E-state index contributed by atoms with van der Waals surface area (Å²) in [5.74, 6) is -2.39. The second-order valence-corrected chi connectivity index (χ2v) is 4.43. The molecule has 0 saturated carbocycles. The average Bonchev–Trinajstić information content (AvgIpc) is 2.50. The molecule has 1 atom stereocenters. The SMILES string of the molecule is COc1cc(C(=O)NCC(C)C(=O)O)c([N+](=O)[O-])cc1OC. The number of rotatable bonds is 7. The zero-order valence-corrected chi connectivity index (χ0v) is 12.3. The minimum absolute atomic E-state index is 0.115. The molecule has 0 spiro atoms. The molecule has 0 bridgehead atoms. The quantitative estimate of drug-likeness (QED) is 0.569. The highest BCUT2D eigenvalue weighted by molar-refractivity contribution is 5.99. The molecule has 1 aromatic rings. The molecule has 120 valence electrons. The Morgan fingerprint density at radius 1 is 1.32 bits per heavy atom. The van der Waals surface area contributed by atoms with Gasteiger partial charge >= 0.3 is 5.97 Å². The Bertz CT molecular complexity index is 600. The lowest BCUT2D eigenvalue weighted by atomic mass is 10.1. The highest BCUT2D eigenvalue weighted by atomic mass is 16.6. The molecule has 0 saturated heterocycles.